The maximum Gasteiger partial charge on any atom is 0.254 e. The second-order valence-electron chi connectivity index (χ2n) is 4.62. The second kappa shape index (κ2) is 8.25. The van der Waals surface area contributed by atoms with E-state index in [-0.39, 0.29) is 18.3 Å². The summed E-state index contributed by atoms with van der Waals surface area (Å²) in [6, 6.07) is 2.33. The lowest BCUT2D eigenvalue weighted by molar-refractivity contribution is 0.0643. The summed E-state index contributed by atoms with van der Waals surface area (Å²) < 4.78 is 1.02. The zero-order valence-corrected chi connectivity index (χ0v) is 14.2. The van der Waals surface area contributed by atoms with Gasteiger partial charge >= 0.3 is 0 Å². The molecule has 2 rings (SSSR count). The van der Waals surface area contributed by atoms with E-state index in [4.69, 9.17) is 0 Å². The van der Waals surface area contributed by atoms with E-state index in [0.717, 1.165) is 48.2 Å². The van der Waals surface area contributed by atoms with Crippen molar-refractivity contribution >= 4 is 45.6 Å². The number of nitrogens with zero attached hydrogens (tertiary/aromatic N) is 1. The minimum Gasteiger partial charge on any atom is -0.336 e. The molecular formula is C13H20BrClN2OS. The zero-order valence-electron chi connectivity index (χ0n) is 11.0. The number of amides is 1. The van der Waals surface area contributed by atoms with Crippen LogP contribution >= 0.6 is 39.7 Å². The molecule has 1 aliphatic heterocycles. The van der Waals surface area contributed by atoms with Crippen molar-refractivity contribution in [1.29, 1.82) is 0 Å². The minimum absolute atomic E-state index is 0. The molecule has 0 atom stereocenters. The van der Waals surface area contributed by atoms with E-state index in [1.165, 1.54) is 0 Å². The first-order valence-corrected chi connectivity index (χ1v) is 8.15. The Bertz CT molecular complexity index is 407. The number of piperidine rings is 1. The average Bonchev–Trinajstić information content (AvgIpc) is 2.83. The van der Waals surface area contributed by atoms with Crippen molar-refractivity contribution < 1.29 is 4.79 Å². The van der Waals surface area contributed by atoms with Gasteiger partial charge in [-0.05, 0) is 54.3 Å². The Hall–Kier alpha value is -0.100. The molecule has 0 radical (unpaired) electrons. The number of hydrogen-bond acceptors (Lipinski definition) is 3. The Balaban J connectivity index is 0.00000180. The fraction of sp³-hybridized carbons (Fsp3) is 0.615. The number of thiophene rings is 1. The Kier molecular flexibility index (Phi) is 7.36. The van der Waals surface area contributed by atoms with E-state index in [1.54, 1.807) is 11.3 Å². The normalized spacial score (nSPS) is 15.9. The van der Waals surface area contributed by atoms with Crippen LogP contribution in [-0.2, 0) is 0 Å². The highest BCUT2D eigenvalue weighted by Crippen LogP contribution is 2.23. The van der Waals surface area contributed by atoms with E-state index in [0.29, 0.717) is 6.04 Å². The topological polar surface area (TPSA) is 32.3 Å². The lowest BCUT2D eigenvalue weighted by Crippen LogP contribution is -2.46. The maximum atomic E-state index is 12.5. The van der Waals surface area contributed by atoms with Crippen molar-refractivity contribution in [1.82, 2.24) is 10.2 Å². The van der Waals surface area contributed by atoms with Crippen LogP contribution in [-0.4, -0.2) is 36.5 Å². The van der Waals surface area contributed by atoms with E-state index in [2.05, 4.69) is 33.1 Å². The number of carbonyl (C=O) groups excluding carboxylic acids is 1. The van der Waals surface area contributed by atoms with E-state index < -0.39 is 0 Å². The van der Waals surface area contributed by atoms with Crippen LogP contribution in [0, 0.1) is 0 Å². The van der Waals surface area contributed by atoms with Gasteiger partial charge in [0, 0.05) is 18.0 Å². The quantitative estimate of drug-likeness (QED) is 0.883. The van der Waals surface area contributed by atoms with Crippen LogP contribution in [0.2, 0.25) is 0 Å². The number of rotatable bonds is 4. The summed E-state index contributed by atoms with van der Waals surface area (Å²) in [6.07, 6.45) is 3.15. The van der Waals surface area contributed by atoms with Crippen molar-refractivity contribution in [3.8, 4) is 0 Å². The summed E-state index contributed by atoms with van der Waals surface area (Å²) in [7, 11) is 0. The molecule has 0 spiro atoms. The molecule has 0 saturated carbocycles. The van der Waals surface area contributed by atoms with E-state index in [1.807, 2.05) is 11.4 Å². The molecule has 1 N–H and O–H groups in total. The fourth-order valence-corrected chi connectivity index (χ4v) is 3.53. The van der Waals surface area contributed by atoms with Gasteiger partial charge in [-0.15, -0.1) is 23.7 Å². The third kappa shape index (κ3) is 4.45. The van der Waals surface area contributed by atoms with Gasteiger partial charge in [-0.1, -0.05) is 6.92 Å². The van der Waals surface area contributed by atoms with Gasteiger partial charge < -0.3 is 10.2 Å². The van der Waals surface area contributed by atoms with Gasteiger partial charge in [0.2, 0.25) is 0 Å². The summed E-state index contributed by atoms with van der Waals surface area (Å²) in [4.78, 5) is 14.6. The first kappa shape index (κ1) is 17.0. The van der Waals surface area contributed by atoms with Crippen LogP contribution in [0.4, 0.5) is 0 Å². The minimum atomic E-state index is 0. The zero-order chi connectivity index (χ0) is 13.0. The predicted octanol–water partition coefficient (Wildman–Crippen LogP) is 3.54. The van der Waals surface area contributed by atoms with Crippen molar-refractivity contribution in [2.24, 2.45) is 0 Å². The SMILES string of the molecule is CCCN(C(=O)c1csc(Br)c1)C1CCNCC1.Cl. The molecule has 1 amide bonds. The summed E-state index contributed by atoms with van der Waals surface area (Å²) in [5.41, 5.74) is 0.818. The predicted molar refractivity (Wildman–Crippen MR) is 86.5 cm³/mol. The summed E-state index contributed by atoms with van der Waals surface area (Å²) in [6.45, 7) is 5.03. The van der Waals surface area contributed by atoms with E-state index >= 15 is 0 Å². The summed E-state index contributed by atoms with van der Waals surface area (Å²) >= 11 is 4.99. The van der Waals surface area contributed by atoms with Crippen molar-refractivity contribution in [3.05, 3.63) is 20.8 Å². The van der Waals surface area contributed by atoms with Crippen LogP contribution in [0.1, 0.15) is 36.5 Å². The number of hydrogen-bond donors (Lipinski definition) is 1. The van der Waals surface area contributed by atoms with Crippen molar-refractivity contribution in [2.75, 3.05) is 19.6 Å². The molecule has 6 heteroatoms. The molecule has 0 bridgehead atoms. The van der Waals surface area contributed by atoms with Gasteiger partial charge in [0.05, 0.1) is 9.35 Å². The largest absolute Gasteiger partial charge is 0.336 e. The molecule has 1 aromatic rings. The standard InChI is InChI=1S/C13H19BrN2OS.ClH/c1-2-7-16(11-3-5-15-6-4-11)13(17)10-8-12(14)18-9-10;/h8-9,11,15H,2-7H2,1H3;1H. The number of halogens is 2. The molecule has 1 aliphatic rings. The monoisotopic (exact) mass is 366 g/mol. The third-order valence-electron chi connectivity index (χ3n) is 3.29. The van der Waals surface area contributed by atoms with Gasteiger partial charge in [0.25, 0.3) is 5.91 Å². The van der Waals surface area contributed by atoms with E-state index in [9.17, 15) is 4.79 Å². The van der Waals surface area contributed by atoms with Gasteiger partial charge in [-0.3, -0.25) is 4.79 Å². The average molecular weight is 368 g/mol. The highest BCUT2D eigenvalue weighted by atomic mass is 79.9. The van der Waals surface area contributed by atoms with Gasteiger partial charge in [0.1, 0.15) is 0 Å². The Labute approximate surface area is 133 Å². The van der Waals surface area contributed by atoms with Crippen molar-refractivity contribution in [2.45, 2.75) is 32.2 Å². The highest BCUT2D eigenvalue weighted by molar-refractivity contribution is 9.11. The molecule has 2 heterocycles. The van der Waals surface area contributed by atoms with Gasteiger partial charge in [-0.2, -0.15) is 0 Å². The number of carbonyl (C=O) groups is 1. The molecule has 0 unspecified atom stereocenters. The molecule has 108 valence electrons. The first-order chi connectivity index (χ1) is 8.72. The molecule has 0 aromatic carbocycles. The lowest BCUT2D eigenvalue weighted by atomic mass is 10.0. The Morgan fingerprint density at radius 2 is 2.21 bits per heavy atom. The smallest absolute Gasteiger partial charge is 0.254 e. The van der Waals surface area contributed by atoms with Crippen LogP contribution in [0.25, 0.3) is 0 Å². The van der Waals surface area contributed by atoms with Crippen LogP contribution in [0.3, 0.4) is 0 Å². The molecule has 3 nitrogen and oxygen atoms in total. The molecule has 1 fully saturated rings. The molecule has 1 saturated heterocycles. The first-order valence-electron chi connectivity index (χ1n) is 6.48. The fourth-order valence-electron chi connectivity index (χ4n) is 2.40. The molecule has 0 aliphatic carbocycles. The van der Waals surface area contributed by atoms with Crippen LogP contribution in [0.15, 0.2) is 15.2 Å². The third-order valence-corrected chi connectivity index (χ3v) is 4.79. The maximum absolute atomic E-state index is 12.5. The van der Waals surface area contributed by atoms with Gasteiger partial charge in [-0.25, -0.2) is 0 Å². The Morgan fingerprint density at radius 1 is 1.53 bits per heavy atom. The number of nitrogens with one attached hydrogen (secondary N) is 1. The lowest BCUT2D eigenvalue weighted by Gasteiger charge is -2.34. The van der Waals surface area contributed by atoms with Crippen molar-refractivity contribution in [3.63, 3.8) is 0 Å². The molecule has 1 aromatic heterocycles. The van der Waals surface area contributed by atoms with Crippen LogP contribution < -0.4 is 5.32 Å². The molecular weight excluding hydrogens is 348 g/mol. The Morgan fingerprint density at radius 3 is 2.74 bits per heavy atom. The van der Waals surface area contributed by atoms with Crippen LogP contribution in [0.5, 0.6) is 0 Å². The molecule has 19 heavy (non-hydrogen) atoms. The summed E-state index contributed by atoms with van der Waals surface area (Å²) in [5.74, 6) is 0.186. The summed E-state index contributed by atoms with van der Waals surface area (Å²) in [5, 5.41) is 5.29. The highest BCUT2D eigenvalue weighted by Gasteiger charge is 2.25. The second-order valence-corrected chi connectivity index (χ2v) is 6.91. The van der Waals surface area contributed by atoms with Gasteiger partial charge in [0.15, 0.2) is 0 Å².